The molecule has 7 heteroatoms. The molecule has 20 heavy (non-hydrogen) atoms. The van der Waals surface area contributed by atoms with Crippen molar-refractivity contribution in [1.29, 1.82) is 0 Å². The molecule has 0 bridgehead atoms. The number of hydrogen-bond acceptors (Lipinski definition) is 6. The van der Waals surface area contributed by atoms with Gasteiger partial charge in [-0.25, -0.2) is 14.5 Å². The van der Waals surface area contributed by atoms with Gasteiger partial charge in [0.2, 0.25) is 0 Å². The van der Waals surface area contributed by atoms with E-state index in [1.165, 1.54) is 13.3 Å². The average molecular weight is 270 g/mol. The summed E-state index contributed by atoms with van der Waals surface area (Å²) in [6.45, 7) is 0. The molecular formula is C13H10N4O3. The minimum absolute atomic E-state index is 0.279. The second kappa shape index (κ2) is 4.96. The number of carbonyl (C=O) groups is 1. The molecule has 3 aromatic heterocycles. The number of pyridine rings is 2. The van der Waals surface area contributed by atoms with Gasteiger partial charge in [0, 0.05) is 12.3 Å². The smallest absolute Gasteiger partial charge is 0.437 e. The van der Waals surface area contributed by atoms with Crippen LogP contribution in [0, 0.1) is 0 Å². The lowest BCUT2D eigenvalue weighted by molar-refractivity contribution is 0.121. The van der Waals surface area contributed by atoms with E-state index < -0.39 is 6.16 Å². The quantitative estimate of drug-likeness (QED) is 0.662. The highest BCUT2D eigenvalue weighted by Crippen LogP contribution is 2.18. The normalized spacial score (nSPS) is 10.4. The van der Waals surface area contributed by atoms with Gasteiger partial charge in [-0.15, -0.1) is 0 Å². The maximum Gasteiger partial charge on any atom is 0.513 e. The van der Waals surface area contributed by atoms with Crippen LogP contribution in [0.1, 0.15) is 0 Å². The fraction of sp³-hybridized carbons (Fsp3) is 0.0769. The maximum absolute atomic E-state index is 11.0. The number of fused-ring (bicyclic) bond motifs is 1. The second-order valence-electron chi connectivity index (χ2n) is 3.92. The minimum atomic E-state index is -0.794. The number of ether oxygens (including phenoxy) is 2. The Balaban J connectivity index is 1.97. The van der Waals surface area contributed by atoms with Crippen LogP contribution in [0.2, 0.25) is 0 Å². The van der Waals surface area contributed by atoms with Gasteiger partial charge < -0.3 is 9.47 Å². The lowest BCUT2D eigenvalue weighted by Gasteiger charge is -2.00. The van der Waals surface area contributed by atoms with Crippen LogP contribution in [0.25, 0.3) is 16.7 Å². The lowest BCUT2D eigenvalue weighted by atomic mass is 10.4. The lowest BCUT2D eigenvalue weighted by Crippen LogP contribution is -2.07. The number of aromatic nitrogens is 4. The fourth-order valence-corrected chi connectivity index (χ4v) is 1.70. The van der Waals surface area contributed by atoms with E-state index in [-0.39, 0.29) is 5.75 Å². The highest BCUT2D eigenvalue weighted by atomic mass is 16.7. The van der Waals surface area contributed by atoms with Gasteiger partial charge >= 0.3 is 6.16 Å². The van der Waals surface area contributed by atoms with Crippen LogP contribution in [0.4, 0.5) is 4.79 Å². The SMILES string of the molecule is COC(=O)Oc1cnc2cn(-c3cccnc3)nc2c1. The topological polar surface area (TPSA) is 79.1 Å². The van der Waals surface area contributed by atoms with Crippen LogP contribution < -0.4 is 4.74 Å². The molecule has 0 amide bonds. The number of nitrogens with zero attached hydrogens (tertiary/aromatic N) is 4. The number of methoxy groups -OCH3 is 1. The monoisotopic (exact) mass is 270 g/mol. The van der Waals surface area contributed by atoms with E-state index in [4.69, 9.17) is 4.74 Å². The first-order chi connectivity index (χ1) is 9.76. The molecule has 0 atom stereocenters. The number of hydrogen-bond donors (Lipinski definition) is 0. The Kier molecular flexibility index (Phi) is 3.00. The zero-order valence-electron chi connectivity index (χ0n) is 10.6. The Bertz CT molecular complexity index is 755. The predicted octanol–water partition coefficient (Wildman–Crippen LogP) is 1.96. The van der Waals surface area contributed by atoms with Gasteiger partial charge in [-0.1, -0.05) is 0 Å². The van der Waals surface area contributed by atoms with E-state index in [0.717, 1.165) is 5.69 Å². The van der Waals surface area contributed by atoms with Crippen molar-refractivity contribution >= 4 is 17.2 Å². The Morgan fingerprint density at radius 1 is 1.30 bits per heavy atom. The maximum atomic E-state index is 11.0. The first-order valence-corrected chi connectivity index (χ1v) is 5.78. The zero-order valence-corrected chi connectivity index (χ0v) is 10.6. The van der Waals surface area contributed by atoms with Gasteiger partial charge in [-0.2, -0.15) is 5.10 Å². The predicted molar refractivity (Wildman–Crippen MR) is 69.7 cm³/mol. The molecule has 3 aromatic rings. The van der Waals surface area contributed by atoms with Gasteiger partial charge in [-0.05, 0) is 12.1 Å². The third-order valence-electron chi connectivity index (χ3n) is 2.61. The molecule has 0 N–H and O–H groups in total. The zero-order chi connectivity index (χ0) is 13.9. The summed E-state index contributed by atoms with van der Waals surface area (Å²) in [4.78, 5) is 19.2. The molecular weight excluding hydrogens is 260 g/mol. The summed E-state index contributed by atoms with van der Waals surface area (Å²) >= 11 is 0. The molecule has 0 aromatic carbocycles. The summed E-state index contributed by atoms with van der Waals surface area (Å²) in [7, 11) is 1.24. The van der Waals surface area contributed by atoms with E-state index in [2.05, 4.69) is 19.8 Å². The van der Waals surface area contributed by atoms with Crippen molar-refractivity contribution in [3.8, 4) is 11.4 Å². The van der Waals surface area contributed by atoms with Gasteiger partial charge in [0.05, 0.1) is 31.4 Å². The molecule has 0 fully saturated rings. The van der Waals surface area contributed by atoms with Crippen LogP contribution >= 0.6 is 0 Å². The third-order valence-corrected chi connectivity index (χ3v) is 2.61. The summed E-state index contributed by atoms with van der Waals surface area (Å²) in [5, 5.41) is 4.36. The molecule has 0 unspecified atom stereocenters. The molecule has 0 radical (unpaired) electrons. The van der Waals surface area contributed by atoms with E-state index in [1.807, 2.05) is 12.1 Å². The van der Waals surface area contributed by atoms with Gasteiger partial charge in [0.15, 0.2) is 5.75 Å². The Morgan fingerprint density at radius 2 is 2.20 bits per heavy atom. The molecule has 0 saturated carbocycles. The standard InChI is InChI=1S/C13H10N4O3/c1-19-13(18)20-10-5-11-12(15-7-10)8-17(16-11)9-3-2-4-14-6-9/h2-8H,1H3. The van der Waals surface area contributed by atoms with Crippen molar-refractivity contribution in [2.75, 3.05) is 7.11 Å². The van der Waals surface area contributed by atoms with Crippen molar-refractivity contribution < 1.29 is 14.3 Å². The van der Waals surface area contributed by atoms with E-state index in [1.54, 1.807) is 29.3 Å². The molecule has 0 saturated heterocycles. The number of carbonyl (C=O) groups excluding carboxylic acids is 1. The summed E-state index contributed by atoms with van der Waals surface area (Å²) < 4.78 is 11.0. The molecule has 0 aliphatic heterocycles. The summed E-state index contributed by atoms with van der Waals surface area (Å²) in [5.74, 6) is 0.279. The molecule has 7 nitrogen and oxygen atoms in total. The average Bonchev–Trinajstić information content (AvgIpc) is 2.91. The first-order valence-electron chi connectivity index (χ1n) is 5.78. The van der Waals surface area contributed by atoms with Crippen molar-refractivity contribution in [2.24, 2.45) is 0 Å². The third kappa shape index (κ3) is 2.28. The van der Waals surface area contributed by atoms with Crippen LogP contribution in [-0.2, 0) is 4.74 Å². The van der Waals surface area contributed by atoms with Crippen LogP contribution in [0.3, 0.4) is 0 Å². The molecule has 0 aliphatic rings. The minimum Gasteiger partial charge on any atom is -0.437 e. The highest BCUT2D eigenvalue weighted by Gasteiger charge is 2.08. The van der Waals surface area contributed by atoms with Crippen molar-refractivity contribution in [3.63, 3.8) is 0 Å². The largest absolute Gasteiger partial charge is 0.513 e. The second-order valence-corrected chi connectivity index (χ2v) is 3.92. The summed E-state index contributed by atoms with van der Waals surface area (Å²) in [5.41, 5.74) is 2.11. The van der Waals surface area contributed by atoms with E-state index in [0.29, 0.717) is 11.0 Å². The Labute approximate surface area is 113 Å². The van der Waals surface area contributed by atoms with Gasteiger partial charge in [-0.3, -0.25) is 4.98 Å². The van der Waals surface area contributed by atoms with E-state index in [9.17, 15) is 4.79 Å². The fourth-order valence-electron chi connectivity index (χ4n) is 1.70. The summed E-state index contributed by atoms with van der Waals surface area (Å²) in [6.07, 6.45) is 5.80. The van der Waals surface area contributed by atoms with Gasteiger partial charge in [0.1, 0.15) is 11.0 Å². The van der Waals surface area contributed by atoms with Crippen molar-refractivity contribution in [2.45, 2.75) is 0 Å². The number of rotatable bonds is 2. The van der Waals surface area contributed by atoms with Crippen LogP contribution in [0.5, 0.6) is 5.75 Å². The first kappa shape index (κ1) is 12.1. The highest BCUT2D eigenvalue weighted by molar-refractivity contribution is 5.76. The molecule has 0 aliphatic carbocycles. The van der Waals surface area contributed by atoms with E-state index >= 15 is 0 Å². The molecule has 3 heterocycles. The van der Waals surface area contributed by atoms with Crippen molar-refractivity contribution in [3.05, 3.63) is 43.0 Å². The Hall–Kier alpha value is -2.96. The summed E-state index contributed by atoms with van der Waals surface area (Å²) in [6, 6.07) is 5.32. The van der Waals surface area contributed by atoms with Crippen molar-refractivity contribution in [1.82, 2.24) is 19.7 Å². The van der Waals surface area contributed by atoms with Crippen LogP contribution in [0.15, 0.2) is 43.0 Å². The molecule has 100 valence electrons. The van der Waals surface area contributed by atoms with Gasteiger partial charge in [0.25, 0.3) is 0 Å². The Morgan fingerprint density at radius 3 is 2.95 bits per heavy atom. The van der Waals surface area contributed by atoms with Crippen LogP contribution in [-0.4, -0.2) is 33.0 Å². The molecule has 3 rings (SSSR count). The molecule has 0 spiro atoms.